The number of rotatable bonds is 4. The predicted octanol–water partition coefficient (Wildman–Crippen LogP) is 0.522. The molecule has 0 aromatic carbocycles. The van der Waals surface area contributed by atoms with Crippen LogP contribution in [0.4, 0.5) is 0 Å². The highest BCUT2D eigenvalue weighted by Crippen LogP contribution is 2.32. The molecule has 0 aromatic heterocycles. The van der Waals surface area contributed by atoms with Crippen LogP contribution in [0.3, 0.4) is 0 Å². The van der Waals surface area contributed by atoms with Crippen molar-refractivity contribution >= 4 is 5.91 Å². The highest BCUT2D eigenvalue weighted by atomic mass is 16.5. The van der Waals surface area contributed by atoms with Crippen LogP contribution in [0.1, 0.15) is 32.1 Å². The molecular formula is C14H24N2O3. The molecule has 1 amide bonds. The molecule has 0 aromatic rings. The molecule has 3 rings (SSSR count). The number of amides is 1. The zero-order valence-corrected chi connectivity index (χ0v) is 11.5. The first kappa shape index (κ1) is 13.3. The summed E-state index contributed by atoms with van der Waals surface area (Å²) in [6.45, 7) is 3.65. The summed E-state index contributed by atoms with van der Waals surface area (Å²) in [7, 11) is 0. The van der Waals surface area contributed by atoms with Gasteiger partial charge in [-0.2, -0.15) is 0 Å². The zero-order valence-electron chi connectivity index (χ0n) is 11.5. The Balaban J connectivity index is 1.66. The maximum absolute atomic E-state index is 12.8. The Bertz CT molecular complexity index is 332. The van der Waals surface area contributed by atoms with Crippen LogP contribution in [0, 0.1) is 5.92 Å². The minimum Gasteiger partial charge on any atom is -0.381 e. The molecule has 2 heterocycles. The molecule has 5 heteroatoms. The molecule has 0 radical (unpaired) electrons. The van der Waals surface area contributed by atoms with E-state index in [1.54, 1.807) is 0 Å². The van der Waals surface area contributed by atoms with Crippen LogP contribution in [0.25, 0.3) is 0 Å². The predicted molar refractivity (Wildman–Crippen MR) is 70.6 cm³/mol. The second-order valence-electron chi connectivity index (χ2n) is 6.19. The lowest BCUT2D eigenvalue weighted by molar-refractivity contribution is -0.141. The topological polar surface area (TPSA) is 64.8 Å². The fourth-order valence-corrected chi connectivity index (χ4v) is 3.03. The van der Waals surface area contributed by atoms with E-state index >= 15 is 0 Å². The Morgan fingerprint density at radius 2 is 1.89 bits per heavy atom. The van der Waals surface area contributed by atoms with E-state index in [1.807, 2.05) is 4.90 Å². The molecule has 0 spiro atoms. The normalized spacial score (nSPS) is 30.3. The summed E-state index contributed by atoms with van der Waals surface area (Å²) in [6, 6.07) is 0.427. The average Bonchev–Trinajstić information content (AvgIpc) is 3.13. The third-order valence-electron chi connectivity index (χ3n) is 4.54. The van der Waals surface area contributed by atoms with Crippen molar-refractivity contribution in [1.29, 1.82) is 0 Å². The van der Waals surface area contributed by atoms with E-state index in [9.17, 15) is 4.79 Å². The van der Waals surface area contributed by atoms with Crippen LogP contribution < -0.4 is 5.73 Å². The second-order valence-corrected chi connectivity index (χ2v) is 6.19. The lowest BCUT2D eigenvalue weighted by Gasteiger charge is -2.37. The minimum atomic E-state index is -0.694. The van der Waals surface area contributed by atoms with Crippen LogP contribution in [-0.4, -0.2) is 55.4 Å². The lowest BCUT2D eigenvalue weighted by atomic mass is 9.89. The second kappa shape index (κ2) is 5.38. The smallest absolute Gasteiger partial charge is 0.243 e. The van der Waals surface area contributed by atoms with E-state index in [0.717, 1.165) is 39.0 Å². The van der Waals surface area contributed by atoms with E-state index in [0.29, 0.717) is 38.0 Å². The maximum Gasteiger partial charge on any atom is 0.243 e. The van der Waals surface area contributed by atoms with E-state index in [-0.39, 0.29) is 5.91 Å². The first-order chi connectivity index (χ1) is 9.19. The molecule has 1 atom stereocenters. The third kappa shape index (κ3) is 2.93. The molecule has 1 unspecified atom stereocenters. The standard InChI is InChI=1S/C14H24N2O3/c15-14(4-7-18-8-5-14)13(17)16(12-1-2-12)9-11-3-6-19-10-11/h11-12H,1-10,15H2. The molecule has 2 saturated heterocycles. The fourth-order valence-electron chi connectivity index (χ4n) is 3.03. The molecule has 19 heavy (non-hydrogen) atoms. The van der Waals surface area contributed by atoms with E-state index < -0.39 is 5.54 Å². The van der Waals surface area contributed by atoms with Gasteiger partial charge < -0.3 is 20.1 Å². The summed E-state index contributed by atoms with van der Waals surface area (Å²) >= 11 is 0. The van der Waals surface area contributed by atoms with Crippen LogP contribution in [0.5, 0.6) is 0 Å². The summed E-state index contributed by atoms with van der Waals surface area (Å²) in [5.74, 6) is 0.637. The molecular weight excluding hydrogens is 244 g/mol. The molecule has 2 N–H and O–H groups in total. The Morgan fingerprint density at radius 1 is 1.16 bits per heavy atom. The molecule has 1 saturated carbocycles. The van der Waals surface area contributed by atoms with E-state index in [4.69, 9.17) is 15.2 Å². The monoisotopic (exact) mass is 268 g/mol. The highest BCUT2D eigenvalue weighted by molar-refractivity contribution is 5.86. The summed E-state index contributed by atoms with van der Waals surface area (Å²) < 4.78 is 10.8. The van der Waals surface area contributed by atoms with Crippen LogP contribution in [0.15, 0.2) is 0 Å². The van der Waals surface area contributed by atoms with Crippen molar-refractivity contribution in [3.63, 3.8) is 0 Å². The van der Waals surface area contributed by atoms with Gasteiger partial charge in [0.15, 0.2) is 0 Å². The Hall–Kier alpha value is -0.650. The molecule has 0 bridgehead atoms. The summed E-state index contributed by atoms with van der Waals surface area (Å²) in [6.07, 6.45) is 4.63. The molecule has 2 aliphatic heterocycles. The van der Waals surface area contributed by atoms with Gasteiger partial charge in [0.25, 0.3) is 0 Å². The van der Waals surface area contributed by atoms with Gasteiger partial charge in [-0.15, -0.1) is 0 Å². The molecule has 5 nitrogen and oxygen atoms in total. The van der Waals surface area contributed by atoms with Crippen molar-refractivity contribution in [2.45, 2.75) is 43.7 Å². The number of hydrogen-bond donors (Lipinski definition) is 1. The summed E-state index contributed by atoms with van der Waals surface area (Å²) in [5.41, 5.74) is 5.65. The molecule has 3 aliphatic rings. The highest BCUT2D eigenvalue weighted by Gasteiger charge is 2.44. The van der Waals surface area contributed by atoms with Crippen molar-refractivity contribution in [3.05, 3.63) is 0 Å². The van der Waals surface area contributed by atoms with Gasteiger partial charge in [-0.3, -0.25) is 4.79 Å². The number of ether oxygens (including phenoxy) is 2. The maximum atomic E-state index is 12.8. The van der Waals surface area contributed by atoms with Crippen molar-refractivity contribution in [1.82, 2.24) is 4.90 Å². The van der Waals surface area contributed by atoms with Gasteiger partial charge in [-0.05, 0) is 32.1 Å². The third-order valence-corrected chi connectivity index (χ3v) is 4.54. The van der Waals surface area contributed by atoms with Gasteiger partial charge >= 0.3 is 0 Å². The molecule has 108 valence electrons. The summed E-state index contributed by atoms with van der Waals surface area (Å²) in [5, 5.41) is 0. The van der Waals surface area contributed by atoms with Crippen LogP contribution in [-0.2, 0) is 14.3 Å². The van der Waals surface area contributed by atoms with Crippen molar-refractivity contribution in [2.24, 2.45) is 11.7 Å². The lowest BCUT2D eigenvalue weighted by Crippen LogP contribution is -2.59. The Labute approximate surface area is 114 Å². The first-order valence-corrected chi connectivity index (χ1v) is 7.44. The first-order valence-electron chi connectivity index (χ1n) is 7.44. The van der Waals surface area contributed by atoms with Crippen molar-refractivity contribution in [3.8, 4) is 0 Å². The SMILES string of the molecule is NC1(C(=O)N(CC2CCOC2)C2CC2)CCOCC1. The number of carbonyl (C=O) groups excluding carboxylic acids is 1. The Morgan fingerprint density at radius 3 is 2.47 bits per heavy atom. The number of hydrogen-bond acceptors (Lipinski definition) is 4. The average molecular weight is 268 g/mol. The van der Waals surface area contributed by atoms with E-state index in [2.05, 4.69) is 0 Å². The van der Waals surface area contributed by atoms with Crippen LogP contribution >= 0.6 is 0 Å². The quantitative estimate of drug-likeness (QED) is 0.807. The van der Waals surface area contributed by atoms with Gasteiger partial charge in [0, 0.05) is 38.3 Å². The van der Waals surface area contributed by atoms with Gasteiger partial charge in [0.2, 0.25) is 5.91 Å². The van der Waals surface area contributed by atoms with Gasteiger partial charge in [0.05, 0.1) is 12.1 Å². The minimum absolute atomic E-state index is 0.144. The van der Waals surface area contributed by atoms with Crippen molar-refractivity contribution < 1.29 is 14.3 Å². The summed E-state index contributed by atoms with van der Waals surface area (Å²) in [4.78, 5) is 14.8. The molecule has 1 aliphatic carbocycles. The number of nitrogens with two attached hydrogens (primary N) is 1. The zero-order chi connectivity index (χ0) is 13.3. The van der Waals surface area contributed by atoms with E-state index in [1.165, 1.54) is 0 Å². The van der Waals surface area contributed by atoms with Gasteiger partial charge in [0.1, 0.15) is 0 Å². The number of carbonyl (C=O) groups is 1. The number of nitrogens with zero attached hydrogens (tertiary/aromatic N) is 1. The molecule has 3 fully saturated rings. The fraction of sp³-hybridized carbons (Fsp3) is 0.929. The van der Waals surface area contributed by atoms with Crippen LogP contribution in [0.2, 0.25) is 0 Å². The van der Waals surface area contributed by atoms with Gasteiger partial charge in [-0.1, -0.05) is 0 Å². The van der Waals surface area contributed by atoms with Crippen molar-refractivity contribution in [2.75, 3.05) is 33.0 Å². The largest absolute Gasteiger partial charge is 0.381 e. The van der Waals surface area contributed by atoms with Gasteiger partial charge in [-0.25, -0.2) is 0 Å². The Kier molecular flexibility index (Phi) is 3.78.